The minimum atomic E-state index is -6.11. The Hall–Kier alpha value is -3.37. The Labute approximate surface area is 427 Å². The van der Waals surface area contributed by atoms with Crippen LogP contribution in [-0.2, 0) is 100 Å². The molecular formula is C39H50F9N3O18S6. The first-order valence-electron chi connectivity index (χ1n) is 21.2. The molecule has 21 nitrogen and oxygen atoms in total. The Kier molecular flexibility index (Phi) is 19.8. The van der Waals surface area contributed by atoms with Crippen molar-refractivity contribution in [3.05, 3.63) is 83.4 Å². The molecule has 3 aliphatic rings. The minimum Gasteiger partial charge on any atom is -0.348 e. The maximum atomic E-state index is 13.0. The van der Waals surface area contributed by atoms with Crippen molar-refractivity contribution >= 4 is 70.9 Å². The number of halogens is 9. The smallest absolute Gasteiger partial charge is 0.348 e. The van der Waals surface area contributed by atoms with Gasteiger partial charge in [0.1, 0.15) is 0 Å². The number of rotatable bonds is 17. The Bertz CT molecular complexity index is 3160. The molecule has 3 heterocycles. The van der Waals surface area contributed by atoms with Crippen molar-refractivity contribution in [2.24, 2.45) is 0 Å². The van der Waals surface area contributed by atoms with Crippen LogP contribution in [0.2, 0.25) is 0 Å². The van der Waals surface area contributed by atoms with E-state index in [0.29, 0.717) is 35.3 Å². The van der Waals surface area contributed by atoms with E-state index < -0.39 is 138 Å². The monoisotopic (exact) mass is 1210 g/mol. The largest absolute Gasteiger partial charge is 0.512 e. The van der Waals surface area contributed by atoms with Gasteiger partial charge in [0.15, 0.2) is 17.4 Å². The van der Waals surface area contributed by atoms with Gasteiger partial charge in [0.05, 0.1) is 58.4 Å². The highest BCUT2D eigenvalue weighted by atomic mass is 32.3. The summed E-state index contributed by atoms with van der Waals surface area (Å²) in [4.78, 5) is 0. The van der Waals surface area contributed by atoms with E-state index in [1.54, 1.807) is 54.6 Å². The van der Waals surface area contributed by atoms with Crippen molar-refractivity contribution in [1.82, 2.24) is 11.1 Å². The predicted octanol–water partition coefficient (Wildman–Crippen LogP) is 4.49. The van der Waals surface area contributed by atoms with E-state index in [-0.39, 0.29) is 46.1 Å². The quantitative estimate of drug-likeness (QED) is 0.169. The maximum Gasteiger partial charge on any atom is 0.512 e. The Balaban J connectivity index is 0.000000248. The van der Waals surface area contributed by atoms with Gasteiger partial charge in [-0.25, -0.2) is 50.5 Å². The van der Waals surface area contributed by atoms with Gasteiger partial charge in [0, 0.05) is 50.0 Å². The molecule has 428 valence electrons. The van der Waals surface area contributed by atoms with Gasteiger partial charge < -0.3 is 28.4 Å². The first-order valence-corrected chi connectivity index (χ1v) is 31.1. The molecule has 0 spiro atoms. The number of aryl methyl sites for hydroxylation is 1. The summed E-state index contributed by atoms with van der Waals surface area (Å²) in [6.45, 7) is 1.23. The number of fused-ring (bicyclic) bond motifs is 1. The molecule has 0 amide bonds. The van der Waals surface area contributed by atoms with Crippen LogP contribution in [0.5, 0.6) is 0 Å². The summed E-state index contributed by atoms with van der Waals surface area (Å²) in [5.74, 6) is -4.40. The molecule has 0 radical (unpaired) electrons. The second-order valence-electron chi connectivity index (χ2n) is 16.5. The third kappa shape index (κ3) is 15.3. The van der Waals surface area contributed by atoms with E-state index in [1.165, 1.54) is 6.92 Å². The van der Waals surface area contributed by atoms with Gasteiger partial charge in [0.25, 0.3) is 0 Å². The number of nitrogens with zero attached hydrogens (tertiary/aromatic N) is 3. The van der Waals surface area contributed by atoms with Crippen LogP contribution in [0.3, 0.4) is 0 Å². The molecule has 3 saturated heterocycles. The topological polar surface area (TPSA) is 270 Å². The van der Waals surface area contributed by atoms with Gasteiger partial charge in [-0.15, -0.1) is 0 Å². The fourth-order valence-corrected chi connectivity index (χ4v) is 15.4. The first kappa shape index (κ1) is 64.2. The Morgan fingerprint density at radius 1 is 0.453 bits per heavy atom. The molecule has 6 rings (SSSR count). The van der Waals surface area contributed by atoms with E-state index in [9.17, 15) is 90.0 Å². The van der Waals surface area contributed by atoms with Crippen molar-refractivity contribution in [3.8, 4) is 0 Å². The molecule has 3 fully saturated rings. The number of sulfonamides is 6. The molecule has 3 aromatic rings. The zero-order chi connectivity index (χ0) is 57.1. The molecule has 0 unspecified atom stereocenters. The average molecular weight is 1210 g/mol. The fraction of sp³-hybridized carbons (Fsp3) is 0.590. The second-order valence-corrected chi connectivity index (χ2v) is 28.5. The van der Waals surface area contributed by atoms with E-state index in [4.69, 9.17) is 28.4 Å². The lowest BCUT2D eigenvalue weighted by molar-refractivity contribution is -0.170. The highest BCUT2D eigenvalue weighted by Gasteiger charge is 2.56. The normalized spacial score (nSPS) is 18.7. The van der Waals surface area contributed by atoms with Crippen molar-refractivity contribution in [2.75, 3.05) is 78.0 Å². The van der Waals surface area contributed by atoms with E-state index in [1.807, 2.05) is 19.1 Å². The zero-order valence-electron chi connectivity index (χ0n) is 39.9. The lowest BCUT2D eigenvalue weighted by Crippen LogP contribution is -2.46. The molecule has 0 aromatic heterocycles. The third-order valence-electron chi connectivity index (χ3n) is 10.9. The number of hydrogen-bond acceptors (Lipinski definition) is 18. The maximum absolute atomic E-state index is 13.0. The standard InChI is InChI=1S/C17H18F3NO6S2.C14H18F3NO6S2.C8H14F3NO6S2/c1-28(22,23)21(29(24,25)17(18,19)20)10-9-16(26-11-12-27-16)15-8-4-6-13-5-2-3-7-14(13)15;1-11-3-5-12(6-4-11)13(23-9-10-24-13)7-8-18(25(2,19)20)26(21,22)14(15,16)17;1-7(17-5-6-18-7)3-4-12(19(2,13)14)20(15,16)8(9,10)11/h2-8H,9-12H2,1H3;3-6H,7-10H2,1-2H3;3-6H2,1-2H3. The Morgan fingerprint density at radius 3 is 1.17 bits per heavy atom. The van der Waals surface area contributed by atoms with Crippen molar-refractivity contribution in [3.63, 3.8) is 0 Å². The van der Waals surface area contributed by atoms with Gasteiger partial charge >= 0.3 is 46.6 Å². The molecule has 0 atom stereocenters. The molecule has 36 heteroatoms. The van der Waals surface area contributed by atoms with E-state index in [0.717, 1.165) is 10.9 Å². The average Bonchev–Trinajstić information content (AvgIpc) is 4.05. The minimum absolute atomic E-state index is 0.119. The van der Waals surface area contributed by atoms with Crippen LogP contribution in [-0.4, -0.2) is 162 Å². The van der Waals surface area contributed by atoms with Crippen molar-refractivity contribution in [2.45, 2.75) is 67.0 Å². The summed E-state index contributed by atoms with van der Waals surface area (Å²) in [5.41, 5.74) is -15.4. The summed E-state index contributed by atoms with van der Waals surface area (Å²) < 4.78 is 285. The van der Waals surface area contributed by atoms with E-state index >= 15 is 0 Å². The van der Waals surface area contributed by atoms with Crippen LogP contribution in [0.25, 0.3) is 10.8 Å². The zero-order valence-corrected chi connectivity index (χ0v) is 44.8. The molecule has 3 aromatic carbocycles. The highest BCUT2D eigenvalue weighted by molar-refractivity contribution is 8.05. The number of ether oxygens (including phenoxy) is 6. The summed E-state index contributed by atoms with van der Waals surface area (Å²) >= 11 is 0. The highest BCUT2D eigenvalue weighted by Crippen LogP contribution is 2.41. The number of hydrogen-bond donors (Lipinski definition) is 0. The fourth-order valence-electron chi connectivity index (χ4n) is 7.38. The van der Waals surface area contributed by atoms with Gasteiger partial charge in [-0.2, -0.15) is 39.5 Å². The summed E-state index contributed by atoms with van der Waals surface area (Å²) in [5, 5.41) is 1.51. The predicted molar refractivity (Wildman–Crippen MR) is 246 cm³/mol. The molecule has 0 N–H and O–H groups in total. The number of benzene rings is 3. The summed E-state index contributed by atoms with van der Waals surface area (Å²) in [7, 11) is -32.2. The third-order valence-corrected chi connectivity index (χ3v) is 21.8. The molecule has 3 aliphatic heterocycles. The van der Waals surface area contributed by atoms with Crippen molar-refractivity contribution in [1.29, 1.82) is 0 Å². The van der Waals surface area contributed by atoms with Gasteiger partial charge in [0.2, 0.25) is 30.1 Å². The van der Waals surface area contributed by atoms with Gasteiger partial charge in [-0.1, -0.05) is 83.4 Å². The van der Waals surface area contributed by atoms with E-state index in [2.05, 4.69) is 0 Å². The van der Waals surface area contributed by atoms with Crippen LogP contribution in [0.15, 0.2) is 66.7 Å². The SMILES string of the molecule is CC1(CCN(S(C)(=O)=O)S(=O)(=O)C(F)(F)F)OCCO1.CS(=O)(=O)N(CCC1(c2cccc3ccccc23)OCCO1)S(=O)(=O)C(F)(F)F.Cc1ccc(C2(CCN(S(C)(=O)=O)S(=O)(=O)C(F)(F)F)OCCO2)cc1. The lowest BCUT2D eigenvalue weighted by atomic mass is 9.95. The number of alkyl halides is 9. The van der Waals surface area contributed by atoms with Crippen LogP contribution >= 0.6 is 0 Å². The molecule has 0 bridgehead atoms. The van der Waals surface area contributed by atoms with Crippen LogP contribution in [0.4, 0.5) is 39.5 Å². The van der Waals surface area contributed by atoms with Crippen LogP contribution in [0.1, 0.15) is 42.9 Å². The summed E-state index contributed by atoms with van der Waals surface area (Å²) in [6.07, 6.45) is -0.0609. The van der Waals surface area contributed by atoms with Gasteiger partial charge in [-0.3, -0.25) is 0 Å². The van der Waals surface area contributed by atoms with Crippen LogP contribution in [0, 0.1) is 6.92 Å². The van der Waals surface area contributed by atoms with Crippen LogP contribution < -0.4 is 0 Å². The lowest BCUT2D eigenvalue weighted by Gasteiger charge is -2.31. The first-order chi connectivity index (χ1) is 34.0. The van der Waals surface area contributed by atoms with Crippen molar-refractivity contribution < 1.29 is 118 Å². The second kappa shape index (κ2) is 23.1. The molecule has 75 heavy (non-hydrogen) atoms. The van der Waals surface area contributed by atoms with Gasteiger partial charge in [-0.05, 0) is 24.6 Å². The molecule has 0 aliphatic carbocycles. The molecule has 0 saturated carbocycles. The Morgan fingerprint density at radius 2 is 0.787 bits per heavy atom. The summed E-state index contributed by atoms with van der Waals surface area (Å²) in [6, 6.07) is 19.0. The molecular weight excluding hydrogens is 1160 g/mol.